The van der Waals surface area contributed by atoms with Gasteiger partial charge in [0.25, 0.3) is 11.7 Å². The predicted molar refractivity (Wildman–Crippen MR) is 71.2 cm³/mol. The number of carboxylic acids is 2. The summed E-state index contributed by atoms with van der Waals surface area (Å²) in [5.74, 6) is -30.2. The second kappa shape index (κ2) is 9.07. The summed E-state index contributed by atoms with van der Waals surface area (Å²) >= 11 is 0. The van der Waals surface area contributed by atoms with Gasteiger partial charge in [-0.05, 0) is 12.2 Å². The average Bonchev–Trinajstić information content (AvgIpc) is 2.58. The minimum atomic E-state index is -4.05. The molecule has 4 unspecified atom stereocenters. The maximum absolute atomic E-state index is 12.9. The zero-order valence-corrected chi connectivity index (χ0v) is 14.2. The fourth-order valence-corrected chi connectivity index (χ4v) is 1.92. The van der Waals surface area contributed by atoms with Crippen LogP contribution in [0.25, 0.3) is 0 Å². The van der Waals surface area contributed by atoms with Gasteiger partial charge in [0.15, 0.2) is 23.3 Å². The number of carbonyl (C=O) groups is 2. The van der Waals surface area contributed by atoms with Gasteiger partial charge in [0.05, 0.1) is 0 Å². The van der Waals surface area contributed by atoms with Gasteiger partial charge >= 0.3 is 11.9 Å². The van der Waals surface area contributed by atoms with E-state index in [4.69, 9.17) is 20.4 Å². The van der Waals surface area contributed by atoms with Crippen LogP contribution >= 0.6 is 0 Å². The zero-order valence-electron chi connectivity index (χ0n) is 13.2. The first-order chi connectivity index (χ1) is 12.6. The van der Waals surface area contributed by atoms with E-state index >= 15 is 0 Å². The number of hydrogen-bond donors (Lipinski definition) is 4. The van der Waals surface area contributed by atoms with Crippen molar-refractivity contribution in [2.75, 3.05) is 0 Å². The van der Waals surface area contributed by atoms with E-state index in [0.29, 0.717) is 0 Å². The normalized spacial score (nSPS) is 31.8. The van der Waals surface area contributed by atoms with E-state index in [0.717, 1.165) is 0 Å². The molecule has 167 valence electrons. The Morgan fingerprint density at radius 2 is 0.966 bits per heavy atom. The van der Waals surface area contributed by atoms with Crippen molar-refractivity contribution in [3.8, 4) is 0 Å². The van der Waals surface area contributed by atoms with E-state index in [2.05, 4.69) is 0 Å². The van der Waals surface area contributed by atoms with Crippen molar-refractivity contribution >= 4 is 11.9 Å². The van der Waals surface area contributed by atoms with Crippen LogP contribution in [-0.4, -0.2) is 44.1 Å². The number of hydrogen-bond acceptors (Lipinski definition) is 4. The summed E-state index contributed by atoms with van der Waals surface area (Å²) in [6.07, 6.45) is -0.0819. The molecule has 0 saturated heterocycles. The third-order valence-electron chi connectivity index (χ3n) is 3.40. The van der Waals surface area contributed by atoms with Crippen molar-refractivity contribution in [3.05, 3.63) is 47.1 Å². The molecule has 0 saturated carbocycles. The summed E-state index contributed by atoms with van der Waals surface area (Å²) in [6.45, 7) is 0. The van der Waals surface area contributed by atoms with E-state index < -0.39 is 70.4 Å². The van der Waals surface area contributed by atoms with Gasteiger partial charge in [0.2, 0.25) is 11.7 Å². The number of rotatable bonds is 2. The molecular formula is C14H8CuF8O6. The van der Waals surface area contributed by atoms with Crippen LogP contribution in [0, 0.1) is 11.8 Å². The summed E-state index contributed by atoms with van der Waals surface area (Å²) in [6, 6.07) is 0. The van der Waals surface area contributed by atoms with Gasteiger partial charge in [0, 0.05) is 17.1 Å². The summed E-state index contributed by atoms with van der Waals surface area (Å²) in [7, 11) is 0. The van der Waals surface area contributed by atoms with Gasteiger partial charge < -0.3 is 20.4 Å². The van der Waals surface area contributed by atoms with Crippen LogP contribution in [0.5, 0.6) is 0 Å². The Hall–Kier alpha value is -2.22. The van der Waals surface area contributed by atoms with Crippen molar-refractivity contribution in [2.45, 2.75) is 11.7 Å². The molecule has 2 aliphatic carbocycles. The molecule has 0 bridgehead atoms. The van der Waals surface area contributed by atoms with Crippen molar-refractivity contribution in [1.82, 2.24) is 0 Å². The molecule has 0 fully saturated rings. The van der Waals surface area contributed by atoms with Gasteiger partial charge in [0.1, 0.15) is 11.8 Å². The number of aliphatic carboxylic acids is 2. The molecule has 0 amide bonds. The average molecular weight is 488 g/mol. The molecule has 2 rings (SSSR count). The fourth-order valence-electron chi connectivity index (χ4n) is 1.92. The molecule has 4 atom stereocenters. The first-order valence-electron chi connectivity index (χ1n) is 6.71. The van der Waals surface area contributed by atoms with Crippen LogP contribution in [0.3, 0.4) is 0 Å². The number of aliphatic hydroxyl groups is 2. The molecule has 0 aromatic heterocycles. The van der Waals surface area contributed by atoms with E-state index in [9.17, 15) is 44.7 Å². The zero-order chi connectivity index (χ0) is 22.2. The van der Waals surface area contributed by atoms with Crippen LogP contribution in [-0.2, 0) is 26.7 Å². The molecule has 29 heavy (non-hydrogen) atoms. The Morgan fingerprint density at radius 1 is 0.724 bits per heavy atom. The number of carboxylic acid groups (broad SMARTS) is 2. The van der Waals surface area contributed by atoms with Gasteiger partial charge in [-0.15, -0.1) is 0 Å². The Bertz CT molecular complexity index is 764. The summed E-state index contributed by atoms with van der Waals surface area (Å²) in [4.78, 5) is 20.5. The predicted octanol–water partition coefficient (Wildman–Crippen LogP) is 2.72. The van der Waals surface area contributed by atoms with Crippen LogP contribution in [0.2, 0.25) is 0 Å². The first kappa shape index (κ1) is 26.8. The van der Waals surface area contributed by atoms with Crippen LogP contribution in [0.4, 0.5) is 35.1 Å². The SMILES string of the molecule is O=C(O)C1C=C(F)C(F)=C(F)C1(O)F.O=C(O)C1C=C(F)C(F)=C(F)C1(O)F.[Cu]. The largest absolute Gasteiger partial charge is 0.481 e. The van der Waals surface area contributed by atoms with Crippen molar-refractivity contribution in [1.29, 1.82) is 0 Å². The maximum atomic E-state index is 12.9. The molecule has 0 aromatic carbocycles. The molecular weight excluding hydrogens is 480 g/mol. The summed E-state index contributed by atoms with van der Waals surface area (Å²) < 4.78 is 100. The van der Waals surface area contributed by atoms with E-state index in [1.165, 1.54) is 0 Å². The van der Waals surface area contributed by atoms with Crippen LogP contribution in [0.1, 0.15) is 0 Å². The monoisotopic (exact) mass is 487 g/mol. The quantitative estimate of drug-likeness (QED) is 0.352. The summed E-state index contributed by atoms with van der Waals surface area (Å²) in [5, 5.41) is 33.8. The third-order valence-corrected chi connectivity index (χ3v) is 3.40. The van der Waals surface area contributed by atoms with E-state index in [1.54, 1.807) is 0 Å². The molecule has 15 heteroatoms. The Morgan fingerprint density at radius 3 is 1.17 bits per heavy atom. The smallest absolute Gasteiger partial charge is 0.316 e. The van der Waals surface area contributed by atoms with Gasteiger partial charge in [-0.2, -0.15) is 0 Å². The third kappa shape index (κ3) is 5.04. The number of alkyl halides is 2. The molecule has 1 radical (unpaired) electrons. The van der Waals surface area contributed by atoms with E-state index in [-0.39, 0.29) is 29.2 Å². The molecule has 0 heterocycles. The number of halogens is 8. The number of allylic oxidation sites excluding steroid dienone is 4. The minimum Gasteiger partial charge on any atom is -0.481 e. The summed E-state index contributed by atoms with van der Waals surface area (Å²) in [5.41, 5.74) is 0. The van der Waals surface area contributed by atoms with Gasteiger partial charge in [-0.1, -0.05) is 0 Å². The van der Waals surface area contributed by atoms with E-state index in [1.807, 2.05) is 0 Å². The molecule has 0 aliphatic heterocycles. The topological polar surface area (TPSA) is 115 Å². The molecule has 6 nitrogen and oxygen atoms in total. The Labute approximate surface area is 165 Å². The minimum absolute atomic E-state index is 0. The molecule has 0 spiro atoms. The van der Waals surface area contributed by atoms with Crippen molar-refractivity contribution in [2.24, 2.45) is 11.8 Å². The second-order valence-electron chi connectivity index (χ2n) is 5.26. The second-order valence-corrected chi connectivity index (χ2v) is 5.26. The Kier molecular flexibility index (Phi) is 8.37. The van der Waals surface area contributed by atoms with Crippen LogP contribution < -0.4 is 0 Å². The van der Waals surface area contributed by atoms with Crippen LogP contribution in [0.15, 0.2) is 47.1 Å². The maximum Gasteiger partial charge on any atom is 0.316 e. The van der Waals surface area contributed by atoms with Gasteiger partial charge in [-0.3, -0.25) is 9.59 Å². The molecule has 0 aromatic rings. The van der Waals surface area contributed by atoms with Crippen molar-refractivity contribution < 1.29 is 82.2 Å². The standard InChI is InChI=1S/2C7H4F4O3.Cu/c2*8-3-1-2(6(12)13)7(11,14)5(10)4(3)9;/h2*1-2,14H,(H,12,13);. The Balaban J connectivity index is 0.000000523. The van der Waals surface area contributed by atoms with Gasteiger partial charge in [-0.25, -0.2) is 35.1 Å². The molecule has 2 aliphatic rings. The fraction of sp³-hybridized carbons (Fsp3) is 0.286. The molecule has 4 N–H and O–H groups in total. The van der Waals surface area contributed by atoms with Crippen molar-refractivity contribution in [3.63, 3.8) is 0 Å². The first-order valence-corrected chi connectivity index (χ1v) is 6.71.